The average Bonchev–Trinajstić information content (AvgIpc) is 2.82. The van der Waals surface area contributed by atoms with Crippen molar-refractivity contribution < 1.29 is 14.6 Å². The van der Waals surface area contributed by atoms with E-state index >= 15 is 0 Å². The van der Waals surface area contributed by atoms with E-state index in [9.17, 15) is 9.90 Å². The molecule has 4 heteroatoms. The molecule has 1 aromatic rings. The quantitative estimate of drug-likeness (QED) is 0.837. The van der Waals surface area contributed by atoms with Crippen molar-refractivity contribution in [1.82, 2.24) is 5.32 Å². The van der Waals surface area contributed by atoms with E-state index < -0.39 is 0 Å². The molecule has 2 atom stereocenters. The number of amides is 1. The third kappa shape index (κ3) is 3.73. The van der Waals surface area contributed by atoms with Crippen molar-refractivity contribution in [2.24, 2.45) is 5.41 Å². The zero-order chi connectivity index (χ0) is 14.4. The Labute approximate surface area is 120 Å². The molecule has 20 heavy (non-hydrogen) atoms. The molecule has 1 fully saturated rings. The number of ether oxygens (including phenoxy) is 1. The second-order valence-electron chi connectivity index (χ2n) is 5.74. The first-order valence-electron chi connectivity index (χ1n) is 7.22. The highest BCUT2D eigenvalue weighted by Crippen LogP contribution is 2.37. The van der Waals surface area contributed by atoms with Gasteiger partial charge in [0.2, 0.25) is 5.91 Å². The molecular weight excluding hydrogens is 254 g/mol. The SMILES string of the molecule is CC1(CO)CCCC1NC(=O)CCOc1ccccc1. The van der Waals surface area contributed by atoms with Gasteiger partial charge in [0.05, 0.1) is 19.6 Å². The number of aliphatic hydroxyl groups excluding tert-OH is 1. The summed E-state index contributed by atoms with van der Waals surface area (Å²) < 4.78 is 5.51. The van der Waals surface area contributed by atoms with Crippen LogP contribution in [0.4, 0.5) is 0 Å². The Kier molecular flexibility index (Phi) is 5.01. The summed E-state index contributed by atoms with van der Waals surface area (Å²) in [6.45, 7) is 2.53. The molecule has 0 bridgehead atoms. The Morgan fingerprint density at radius 2 is 2.20 bits per heavy atom. The fraction of sp³-hybridized carbons (Fsp3) is 0.562. The van der Waals surface area contributed by atoms with Crippen LogP contribution in [0.2, 0.25) is 0 Å². The topological polar surface area (TPSA) is 58.6 Å². The Morgan fingerprint density at radius 3 is 2.90 bits per heavy atom. The standard InChI is InChI=1S/C16H23NO3/c1-16(12-18)10-5-8-14(16)17-15(19)9-11-20-13-6-3-2-4-7-13/h2-4,6-7,14,18H,5,8-12H2,1H3,(H,17,19). The highest BCUT2D eigenvalue weighted by Gasteiger charge is 2.38. The van der Waals surface area contributed by atoms with Crippen LogP contribution in [0, 0.1) is 5.41 Å². The maximum Gasteiger partial charge on any atom is 0.223 e. The van der Waals surface area contributed by atoms with Crippen LogP contribution in [-0.2, 0) is 4.79 Å². The number of benzene rings is 1. The van der Waals surface area contributed by atoms with E-state index in [4.69, 9.17) is 4.74 Å². The van der Waals surface area contributed by atoms with Crippen LogP contribution in [0.1, 0.15) is 32.6 Å². The molecule has 0 heterocycles. The van der Waals surface area contributed by atoms with E-state index in [1.54, 1.807) is 0 Å². The molecule has 0 aliphatic heterocycles. The number of para-hydroxylation sites is 1. The minimum atomic E-state index is -0.171. The third-order valence-corrected chi connectivity index (χ3v) is 4.12. The minimum Gasteiger partial charge on any atom is -0.493 e. The number of aliphatic hydroxyl groups is 1. The first-order chi connectivity index (χ1) is 9.64. The van der Waals surface area contributed by atoms with E-state index in [0.29, 0.717) is 13.0 Å². The van der Waals surface area contributed by atoms with Crippen LogP contribution in [0.25, 0.3) is 0 Å². The Bertz CT molecular complexity index is 435. The predicted molar refractivity (Wildman–Crippen MR) is 77.5 cm³/mol. The predicted octanol–water partition coefficient (Wildman–Crippen LogP) is 2.12. The highest BCUT2D eigenvalue weighted by molar-refractivity contribution is 5.76. The lowest BCUT2D eigenvalue weighted by atomic mass is 9.86. The Balaban J connectivity index is 1.73. The maximum absolute atomic E-state index is 11.9. The molecule has 0 aromatic heterocycles. The molecule has 1 saturated carbocycles. The van der Waals surface area contributed by atoms with Gasteiger partial charge in [-0.3, -0.25) is 4.79 Å². The Morgan fingerprint density at radius 1 is 1.45 bits per heavy atom. The average molecular weight is 277 g/mol. The van der Waals surface area contributed by atoms with Crippen LogP contribution >= 0.6 is 0 Å². The Hall–Kier alpha value is -1.55. The third-order valence-electron chi connectivity index (χ3n) is 4.12. The molecule has 2 unspecified atom stereocenters. The number of rotatable bonds is 6. The molecule has 1 aliphatic rings. The van der Waals surface area contributed by atoms with Gasteiger partial charge in [0.15, 0.2) is 0 Å². The monoisotopic (exact) mass is 277 g/mol. The number of hydrogen-bond acceptors (Lipinski definition) is 3. The summed E-state index contributed by atoms with van der Waals surface area (Å²) in [5, 5.41) is 12.5. The molecule has 2 rings (SSSR count). The normalized spacial score (nSPS) is 25.4. The fourth-order valence-corrected chi connectivity index (χ4v) is 2.71. The van der Waals surface area contributed by atoms with Crippen LogP contribution in [0.5, 0.6) is 5.75 Å². The van der Waals surface area contributed by atoms with Gasteiger partial charge in [0.25, 0.3) is 0 Å². The lowest BCUT2D eigenvalue weighted by molar-refractivity contribution is -0.123. The van der Waals surface area contributed by atoms with Gasteiger partial charge in [0, 0.05) is 11.5 Å². The molecule has 1 aromatic carbocycles. The number of hydrogen-bond donors (Lipinski definition) is 2. The van der Waals surface area contributed by atoms with Crippen molar-refractivity contribution in [3.05, 3.63) is 30.3 Å². The van der Waals surface area contributed by atoms with Gasteiger partial charge in [-0.1, -0.05) is 31.5 Å². The van der Waals surface area contributed by atoms with E-state index in [-0.39, 0.29) is 24.0 Å². The van der Waals surface area contributed by atoms with Crippen molar-refractivity contribution in [3.8, 4) is 5.75 Å². The van der Waals surface area contributed by atoms with Crippen molar-refractivity contribution >= 4 is 5.91 Å². The van der Waals surface area contributed by atoms with Gasteiger partial charge in [-0.05, 0) is 25.0 Å². The lowest BCUT2D eigenvalue weighted by Crippen LogP contribution is -2.45. The maximum atomic E-state index is 11.9. The summed E-state index contributed by atoms with van der Waals surface area (Å²) in [6.07, 6.45) is 3.31. The largest absolute Gasteiger partial charge is 0.493 e. The van der Waals surface area contributed by atoms with Gasteiger partial charge < -0.3 is 15.2 Å². The van der Waals surface area contributed by atoms with Crippen LogP contribution in [0.15, 0.2) is 30.3 Å². The van der Waals surface area contributed by atoms with Gasteiger partial charge in [-0.2, -0.15) is 0 Å². The highest BCUT2D eigenvalue weighted by atomic mass is 16.5. The molecule has 1 amide bonds. The van der Waals surface area contributed by atoms with E-state index in [2.05, 4.69) is 5.32 Å². The van der Waals surface area contributed by atoms with E-state index in [1.165, 1.54) is 0 Å². The van der Waals surface area contributed by atoms with Crippen molar-refractivity contribution in [2.45, 2.75) is 38.6 Å². The van der Waals surface area contributed by atoms with Crippen LogP contribution in [0.3, 0.4) is 0 Å². The fourth-order valence-electron chi connectivity index (χ4n) is 2.71. The van der Waals surface area contributed by atoms with Crippen LogP contribution in [-0.4, -0.2) is 30.3 Å². The summed E-state index contributed by atoms with van der Waals surface area (Å²) in [4.78, 5) is 11.9. The second-order valence-corrected chi connectivity index (χ2v) is 5.74. The van der Waals surface area contributed by atoms with Crippen molar-refractivity contribution in [1.29, 1.82) is 0 Å². The summed E-state index contributed by atoms with van der Waals surface area (Å²) in [5.41, 5.74) is -0.171. The van der Waals surface area contributed by atoms with Gasteiger partial charge in [0.1, 0.15) is 5.75 Å². The summed E-state index contributed by atoms with van der Waals surface area (Å²) in [5.74, 6) is 0.772. The summed E-state index contributed by atoms with van der Waals surface area (Å²) in [6, 6.07) is 9.56. The first-order valence-corrected chi connectivity index (χ1v) is 7.22. The molecule has 2 N–H and O–H groups in total. The first kappa shape index (κ1) is 14.9. The van der Waals surface area contributed by atoms with Gasteiger partial charge in [-0.25, -0.2) is 0 Å². The molecule has 4 nitrogen and oxygen atoms in total. The number of carbonyl (C=O) groups is 1. The van der Waals surface area contributed by atoms with E-state index in [1.807, 2.05) is 37.3 Å². The zero-order valence-corrected chi connectivity index (χ0v) is 12.0. The van der Waals surface area contributed by atoms with Gasteiger partial charge in [-0.15, -0.1) is 0 Å². The molecule has 110 valence electrons. The molecule has 0 radical (unpaired) electrons. The second kappa shape index (κ2) is 6.75. The molecule has 1 aliphatic carbocycles. The smallest absolute Gasteiger partial charge is 0.223 e. The number of nitrogens with one attached hydrogen (secondary N) is 1. The molecule has 0 spiro atoms. The van der Waals surface area contributed by atoms with Crippen molar-refractivity contribution in [2.75, 3.05) is 13.2 Å². The summed E-state index contributed by atoms with van der Waals surface area (Å²) in [7, 11) is 0. The lowest BCUT2D eigenvalue weighted by Gasteiger charge is -2.30. The summed E-state index contributed by atoms with van der Waals surface area (Å²) >= 11 is 0. The molecule has 0 saturated heterocycles. The van der Waals surface area contributed by atoms with Gasteiger partial charge >= 0.3 is 0 Å². The minimum absolute atomic E-state index is 0.00694. The number of carbonyl (C=O) groups excluding carboxylic acids is 1. The molecular formula is C16H23NO3. The van der Waals surface area contributed by atoms with E-state index in [0.717, 1.165) is 25.0 Å². The zero-order valence-electron chi connectivity index (χ0n) is 12.0. The van der Waals surface area contributed by atoms with Crippen molar-refractivity contribution in [3.63, 3.8) is 0 Å². The van der Waals surface area contributed by atoms with Crippen LogP contribution < -0.4 is 10.1 Å².